The molecule has 1 fully saturated rings. The van der Waals surface area contributed by atoms with Gasteiger partial charge in [0.2, 0.25) is 0 Å². The molecule has 1 aliphatic rings. The number of ether oxygens (including phenoxy) is 1. The number of nitrogens with zero attached hydrogens (tertiary/aromatic N) is 1. The lowest BCUT2D eigenvalue weighted by Gasteiger charge is -2.24. The second kappa shape index (κ2) is 9.96. The molecular formula is C10H24N2O. The van der Waals surface area contributed by atoms with E-state index in [2.05, 4.69) is 31.0 Å². The molecule has 0 unspecified atom stereocenters. The molecule has 80 valence electrons. The predicted molar refractivity (Wildman–Crippen MR) is 57.2 cm³/mol. The Kier molecular flexibility index (Phi) is 9.87. The summed E-state index contributed by atoms with van der Waals surface area (Å²) in [7, 11) is 0. The van der Waals surface area contributed by atoms with Crippen LogP contribution in [0.25, 0.3) is 0 Å². The van der Waals surface area contributed by atoms with Crippen LogP contribution in [0.5, 0.6) is 0 Å². The van der Waals surface area contributed by atoms with Crippen molar-refractivity contribution in [2.75, 3.05) is 45.9 Å². The fourth-order valence-electron chi connectivity index (χ4n) is 1.17. The fourth-order valence-corrected chi connectivity index (χ4v) is 1.17. The van der Waals surface area contributed by atoms with Gasteiger partial charge in [0.1, 0.15) is 0 Å². The Morgan fingerprint density at radius 2 is 1.62 bits per heavy atom. The standard InChI is InChI=1S/C6H13NO.C4H11N/c1-2-7-3-5-8-6-4-7;1-3-5-4-2/h2-6H2,1H3;5H,3-4H2,1-2H3. The van der Waals surface area contributed by atoms with Crippen molar-refractivity contribution in [3.05, 3.63) is 0 Å². The van der Waals surface area contributed by atoms with Crippen molar-refractivity contribution in [2.45, 2.75) is 20.8 Å². The van der Waals surface area contributed by atoms with Crippen molar-refractivity contribution < 1.29 is 4.74 Å². The van der Waals surface area contributed by atoms with Gasteiger partial charge in [-0.2, -0.15) is 0 Å². The average Bonchev–Trinajstić information content (AvgIpc) is 2.21. The molecular weight excluding hydrogens is 164 g/mol. The molecule has 1 saturated heterocycles. The maximum absolute atomic E-state index is 5.16. The highest BCUT2D eigenvalue weighted by Gasteiger charge is 2.05. The average molecular weight is 188 g/mol. The molecule has 1 rings (SSSR count). The topological polar surface area (TPSA) is 24.5 Å². The van der Waals surface area contributed by atoms with E-state index in [9.17, 15) is 0 Å². The second-order valence-corrected chi connectivity index (χ2v) is 3.00. The van der Waals surface area contributed by atoms with Gasteiger partial charge in [-0.1, -0.05) is 20.8 Å². The van der Waals surface area contributed by atoms with Gasteiger partial charge in [-0.3, -0.25) is 4.90 Å². The normalized spacial score (nSPS) is 17.8. The smallest absolute Gasteiger partial charge is 0.0594 e. The Morgan fingerprint density at radius 3 is 1.85 bits per heavy atom. The summed E-state index contributed by atoms with van der Waals surface area (Å²) in [5.41, 5.74) is 0. The number of morpholine rings is 1. The quantitative estimate of drug-likeness (QED) is 0.714. The number of nitrogens with one attached hydrogen (secondary N) is 1. The Bertz CT molecular complexity index is 90.9. The molecule has 0 amide bonds. The van der Waals surface area contributed by atoms with Crippen molar-refractivity contribution in [1.82, 2.24) is 10.2 Å². The van der Waals surface area contributed by atoms with E-state index >= 15 is 0 Å². The van der Waals surface area contributed by atoms with Crippen LogP contribution in [0, 0.1) is 0 Å². The molecule has 0 spiro atoms. The van der Waals surface area contributed by atoms with E-state index in [1.165, 1.54) is 6.54 Å². The van der Waals surface area contributed by atoms with E-state index in [0.717, 1.165) is 39.4 Å². The number of hydrogen-bond acceptors (Lipinski definition) is 3. The summed E-state index contributed by atoms with van der Waals surface area (Å²) in [6.45, 7) is 13.8. The third-order valence-electron chi connectivity index (χ3n) is 2.05. The second-order valence-electron chi connectivity index (χ2n) is 3.00. The fraction of sp³-hybridized carbons (Fsp3) is 1.00. The van der Waals surface area contributed by atoms with Gasteiger partial charge >= 0.3 is 0 Å². The van der Waals surface area contributed by atoms with Crippen molar-refractivity contribution >= 4 is 0 Å². The molecule has 0 aliphatic carbocycles. The first kappa shape index (κ1) is 12.9. The lowest BCUT2D eigenvalue weighted by Crippen LogP contribution is -2.35. The summed E-state index contributed by atoms with van der Waals surface area (Å²) in [5.74, 6) is 0. The third-order valence-corrected chi connectivity index (χ3v) is 2.05. The summed E-state index contributed by atoms with van der Waals surface area (Å²) in [6.07, 6.45) is 0. The van der Waals surface area contributed by atoms with Crippen molar-refractivity contribution in [2.24, 2.45) is 0 Å². The first-order chi connectivity index (χ1) is 6.35. The van der Waals surface area contributed by atoms with Crippen LogP contribution < -0.4 is 5.32 Å². The molecule has 0 aromatic carbocycles. The van der Waals surface area contributed by atoms with Crippen LogP contribution in [0.3, 0.4) is 0 Å². The molecule has 0 radical (unpaired) electrons. The van der Waals surface area contributed by atoms with Gasteiger partial charge in [-0.25, -0.2) is 0 Å². The minimum atomic E-state index is 0.924. The zero-order valence-corrected chi connectivity index (χ0v) is 9.31. The number of rotatable bonds is 3. The van der Waals surface area contributed by atoms with Gasteiger partial charge < -0.3 is 10.1 Å². The minimum absolute atomic E-state index is 0.924. The number of hydrogen-bond donors (Lipinski definition) is 1. The Labute approximate surface area is 82.4 Å². The van der Waals surface area contributed by atoms with Crippen molar-refractivity contribution in [3.8, 4) is 0 Å². The molecule has 0 aromatic rings. The lowest BCUT2D eigenvalue weighted by atomic mass is 10.4. The summed E-state index contributed by atoms with van der Waals surface area (Å²) >= 11 is 0. The Balaban J connectivity index is 0.000000252. The zero-order chi connectivity index (χ0) is 9.94. The maximum Gasteiger partial charge on any atom is 0.0594 e. The maximum atomic E-state index is 5.16. The van der Waals surface area contributed by atoms with Crippen LogP contribution in [0.2, 0.25) is 0 Å². The summed E-state index contributed by atoms with van der Waals surface area (Å²) in [5, 5.41) is 3.11. The molecule has 1 N–H and O–H groups in total. The van der Waals surface area contributed by atoms with Crippen LogP contribution >= 0.6 is 0 Å². The molecule has 3 nitrogen and oxygen atoms in total. The van der Waals surface area contributed by atoms with Crippen LogP contribution in [-0.4, -0.2) is 50.8 Å². The van der Waals surface area contributed by atoms with Crippen LogP contribution in [-0.2, 0) is 4.74 Å². The summed E-state index contributed by atoms with van der Waals surface area (Å²) in [6, 6.07) is 0. The molecule has 0 saturated carbocycles. The van der Waals surface area contributed by atoms with Crippen molar-refractivity contribution in [3.63, 3.8) is 0 Å². The van der Waals surface area contributed by atoms with Crippen LogP contribution in [0.1, 0.15) is 20.8 Å². The summed E-state index contributed by atoms with van der Waals surface area (Å²) in [4.78, 5) is 2.39. The summed E-state index contributed by atoms with van der Waals surface area (Å²) < 4.78 is 5.16. The van der Waals surface area contributed by atoms with Gasteiger partial charge in [0.15, 0.2) is 0 Å². The SMILES string of the molecule is CCN1CCOCC1.CCNCC. The van der Waals surface area contributed by atoms with Crippen LogP contribution in [0.4, 0.5) is 0 Å². The van der Waals surface area contributed by atoms with E-state index in [1.54, 1.807) is 0 Å². The van der Waals surface area contributed by atoms with E-state index in [-0.39, 0.29) is 0 Å². The molecule has 3 heteroatoms. The molecule has 0 atom stereocenters. The first-order valence-corrected chi connectivity index (χ1v) is 5.35. The third kappa shape index (κ3) is 8.22. The monoisotopic (exact) mass is 188 g/mol. The molecule has 1 aliphatic heterocycles. The Hall–Kier alpha value is -0.120. The first-order valence-electron chi connectivity index (χ1n) is 5.35. The highest BCUT2D eigenvalue weighted by atomic mass is 16.5. The van der Waals surface area contributed by atoms with E-state index in [0.29, 0.717) is 0 Å². The molecule has 1 heterocycles. The highest BCUT2D eigenvalue weighted by Crippen LogP contribution is 1.93. The van der Waals surface area contributed by atoms with Gasteiger partial charge in [0.25, 0.3) is 0 Å². The van der Waals surface area contributed by atoms with Crippen molar-refractivity contribution in [1.29, 1.82) is 0 Å². The highest BCUT2D eigenvalue weighted by molar-refractivity contribution is 4.57. The lowest BCUT2D eigenvalue weighted by molar-refractivity contribution is 0.0405. The zero-order valence-electron chi connectivity index (χ0n) is 9.31. The molecule has 0 aromatic heterocycles. The van der Waals surface area contributed by atoms with E-state index in [1.807, 2.05) is 0 Å². The minimum Gasteiger partial charge on any atom is -0.379 e. The number of likely N-dealkylation sites (N-methyl/N-ethyl adjacent to an activating group) is 1. The largest absolute Gasteiger partial charge is 0.379 e. The predicted octanol–water partition coefficient (Wildman–Crippen LogP) is 0.954. The van der Waals surface area contributed by atoms with Gasteiger partial charge in [-0.05, 0) is 19.6 Å². The Morgan fingerprint density at radius 1 is 1.08 bits per heavy atom. The van der Waals surface area contributed by atoms with Gasteiger partial charge in [-0.15, -0.1) is 0 Å². The van der Waals surface area contributed by atoms with Gasteiger partial charge in [0.05, 0.1) is 13.2 Å². The molecule has 13 heavy (non-hydrogen) atoms. The van der Waals surface area contributed by atoms with E-state index in [4.69, 9.17) is 4.74 Å². The van der Waals surface area contributed by atoms with Crippen LogP contribution in [0.15, 0.2) is 0 Å². The molecule has 0 bridgehead atoms. The van der Waals surface area contributed by atoms with Gasteiger partial charge in [0, 0.05) is 13.1 Å². The van der Waals surface area contributed by atoms with E-state index < -0.39 is 0 Å².